The minimum Gasteiger partial charge on any atom is -0.447 e. The Hall–Kier alpha value is -1.66. The second-order valence-electron chi connectivity index (χ2n) is 17.2. The van der Waals surface area contributed by atoms with Gasteiger partial charge in [-0.05, 0) is 100 Å². The normalized spacial score (nSPS) is 49.1. The molecule has 0 unspecified atom stereocenters. The maximum atomic E-state index is 13.7. The SMILES string of the molecule is CNCCNCC1=C[C@@H]2C[C@@]3(O)[C@]4(CCCC[C@@]15OC(=O)C=C5[C@@]24CO)CC[C@H]1[C@@]3(O)C[C@H](CCC(C)C)[C@]2(O)C[C@@H](O)CC[C@]12C=O. The lowest BCUT2D eigenvalue weighted by molar-refractivity contribution is -0.340. The lowest BCUT2D eigenvalue weighted by Crippen LogP contribution is -2.80. The van der Waals surface area contributed by atoms with Gasteiger partial charge in [-0.1, -0.05) is 32.8 Å². The minimum absolute atomic E-state index is 0.0787. The van der Waals surface area contributed by atoms with Crippen LogP contribution in [0.2, 0.25) is 0 Å². The van der Waals surface area contributed by atoms with Crippen LogP contribution < -0.4 is 10.6 Å². The number of aliphatic hydroxyl groups is 5. The summed E-state index contributed by atoms with van der Waals surface area (Å²) >= 11 is 0. The summed E-state index contributed by atoms with van der Waals surface area (Å²) in [5, 5.41) is 69.2. The van der Waals surface area contributed by atoms with Crippen molar-refractivity contribution in [3.8, 4) is 0 Å². The summed E-state index contributed by atoms with van der Waals surface area (Å²) < 4.78 is 6.31. The molecular formula is C38H58N2O8. The highest BCUT2D eigenvalue weighted by Gasteiger charge is 2.85. The fourth-order valence-corrected chi connectivity index (χ4v) is 13.3. The van der Waals surface area contributed by atoms with Crippen molar-refractivity contribution in [2.24, 2.45) is 39.9 Å². The van der Waals surface area contributed by atoms with E-state index in [9.17, 15) is 35.1 Å². The topological polar surface area (TPSA) is 169 Å². The molecule has 11 atom stereocenters. The van der Waals surface area contributed by atoms with Crippen molar-refractivity contribution in [1.29, 1.82) is 0 Å². The number of aliphatic hydroxyl groups excluding tert-OH is 2. The molecule has 268 valence electrons. The van der Waals surface area contributed by atoms with Crippen LogP contribution in [0.3, 0.4) is 0 Å². The number of nitrogens with one attached hydrogen (secondary N) is 2. The highest BCUT2D eigenvalue weighted by molar-refractivity contribution is 5.89. The molecule has 0 aromatic heterocycles. The molecule has 0 radical (unpaired) electrons. The summed E-state index contributed by atoms with van der Waals surface area (Å²) in [5.74, 6) is -1.72. The Kier molecular flexibility index (Phi) is 8.47. The average Bonchev–Trinajstić information content (AvgIpc) is 3.48. The van der Waals surface area contributed by atoms with Crippen LogP contribution in [-0.4, -0.2) is 99.6 Å². The lowest BCUT2D eigenvalue weighted by atomic mass is 9.35. The zero-order valence-electron chi connectivity index (χ0n) is 29.1. The Morgan fingerprint density at radius 2 is 1.79 bits per heavy atom. The molecule has 48 heavy (non-hydrogen) atoms. The number of fused-ring (bicyclic) bond motifs is 4. The third-order valence-electron chi connectivity index (χ3n) is 15.2. The molecule has 1 aliphatic heterocycles. The van der Waals surface area contributed by atoms with Gasteiger partial charge < -0.3 is 45.7 Å². The fourth-order valence-electron chi connectivity index (χ4n) is 13.3. The molecule has 0 aromatic rings. The second-order valence-corrected chi connectivity index (χ2v) is 17.2. The third kappa shape index (κ3) is 4.11. The van der Waals surface area contributed by atoms with Gasteiger partial charge in [0.25, 0.3) is 0 Å². The predicted molar refractivity (Wildman–Crippen MR) is 178 cm³/mol. The number of likely N-dealkylation sites (N-methyl/N-ethyl adjacent to an activating group) is 1. The number of rotatable bonds is 10. The Bertz CT molecular complexity index is 1380. The molecule has 7 N–H and O–H groups in total. The lowest BCUT2D eigenvalue weighted by Gasteiger charge is -2.72. The molecule has 10 heteroatoms. The van der Waals surface area contributed by atoms with Crippen LogP contribution in [0, 0.1) is 39.9 Å². The zero-order chi connectivity index (χ0) is 34.4. The first-order valence-electron chi connectivity index (χ1n) is 18.7. The maximum Gasteiger partial charge on any atom is 0.332 e. The van der Waals surface area contributed by atoms with E-state index in [1.807, 2.05) is 7.05 Å². The Labute approximate surface area is 284 Å². The summed E-state index contributed by atoms with van der Waals surface area (Å²) in [4.78, 5) is 26.9. The van der Waals surface area contributed by atoms with E-state index >= 15 is 0 Å². The van der Waals surface area contributed by atoms with Crippen molar-refractivity contribution >= 4 is 12.3 Å². The van der Waals surface area contributed by atoms with Gasteiger partial charge in [0.1, 0.15) is 11.9 Å². The highest BCUT2D eigenvalue weighted by atomic mass is 16.6. The summed E-state index contributed by atoms with van der Waals surface area (Å²) in [6, 6.07) is 0. The van der Waals surface area contributed by atoms with Gasteiger partial charge in [-0.2, -0.15) is 0 Å². The van der Waals surface area contributed by atoms with Gasteiger partial charge in [-0.3, -0.25) is 0 Å². The summed E-state index contributed by atoms with van der Waals surface area (Å²) in [7, 11) is 1.90. The highest BCUT2D eigenvalue weighted by Crippen LogP contribution is 2.81. The van der Waals surface area contributed by atoms with Crippen molar-refractivity contribution in [1.82, 2.24) is 10.6 Å². The molecule has 7 aliphatic rings. The first kappa shape index (κ1) is 34.8. The van der Waals surface area contributed by atoms with Crippen LogP contribution in [0.15, 0.2) is 23.3 Å². The number of ether oxygens (including phenoxy) is 1. The fraction of sp³-hybridized carbons (Fsp3) is 0.842. The summed E-state index contributed by atoms with van der Waals surface area (Å²) in [6.07, 6.45) is 9.60. The standard InChI is InChI=1S/C38H58N2O8/c1-24(2)6-7-25-18-37(46)29(32(22-41)12-8-28(43)20-36(25,32)45)9-13-33-10-4-5-11-35-27(21-40-15-14-39-3)16-26(19-38(33,37)47)34(33,23-42)30(35)17-31(44)48-35/h16-17,22,24-26,28-29,39-40,42-43,45-47H,4-15,18-21,23H2,1-3H3/t25-,26+,28-,29+,32-,33+,34+,35+,36+,37-,38+/m0/s1. The van der Waals surface area contributed by atoms with E-state index in [4.69, 9.17) is 4.74 Å². The average molecular weight is 671 g/mol. The van der Waals surface area contributed by atoms with Crippen molar-refractivity contribution in [2.75, 3.05) is 33.3 Å². The molecule has 1 heterocycles. The molecule has 0 saturated heterocycles. The third-order valence-corrected chi connectivity index (χ3v) is 15.2. The number of carbonyl (C=O) groups is 2. The van der Waals surface area contributed by atoms with Gasteiger partial charge >= 0.3 is 5.97 Å². The largest absolute Gasteiger partial charge is 0.447 e. The smallest absolute Gasteiger partial charge is 0.332 e. The zero-order valence-corrected chi connectivity index (χ0v) is 29.1. The quantitative estimate of drug-likeness (QED) is 0.0793. The number of hydrogen-bond donors (Lipinski definition) is 7. The first-order valence-corrected chi connectivity index (χ1v) is 18.7. The van der Waals surface area contributed by atoms with Crippen LogP contribution in [-0.2, 0) is 14.3 Å². The number of carbonyl (C=O) groups excluding carboxylic acids is 2. The van der Waals surface area contributed by atoms with Gasteiger partial charge in [-0.15, -0.1) is 0 Å². The number of allylic oxidation sites excluding steroid dienone is 1. The number of hydrogen-bond acceptors (Lipinski definition) is 10. The number of esters is 1. The molecule has 7 rings (SSSR count). The van der Waals surface area contributed by atoms with Gasteiger partial charge in [0.2, 0.25) is 0 Å². The molecule has 1 spiro atoms. The minimum atomic E-state index is -1.74. The van der Waals surface area contributed by atoms with Crippen LogP contribution in [0.5, 0.6) is 0 Å². The molecule has 5 saturated carbocycles. The van der Waals surface area contributed by atoms with Crippen molar-refractivity contribution in [3.63, 3.8) is 0 Å². The summed E-state index contributed by atoms with van der Waals surface area (Å²) in [6.45, 7) is 5.89. The Morgan fingerprint density at radius 3 is 2.50 bits per heavy atom. The van der Waals surface area contributed by atoms with Gasteiger partial charge in [0, 0.05) is 48.9 Å². The van der Waals surface area contributed by atoms with E-state index in [0.717, 1.165) is 43.2 Å². The summed E-state index contributed by atoms with van der Waals surface area (Å²) in [5.41, 5.74) is -7.66. The van der Waals surface area contributed by atoms with Gasteiger partial charge in [0.05, 0.1) is 29.3 Å². The van der Waals surface area contributed by atoms with Crippen molar-refractivity contribution in [3.05, 3.63) is 23.3 Å². The molecule has 2 bridgehead atoms. The molecule has 0 amide bonds. The van der Waals surface area contributed by atoms with E-state index in [1.54, 1.807) is 6.08 Å². The monoisotopic (exact) mass is 670 g/mol. The Balaban J connectivity index is 1.41. The Morgan fingerprint density at radius 1 is 1.02 bits per heavy atom. The van der Waals surface area contributed by atoms with E-state index in [2.05, 4.69) is 30.6 Å². The van der Waals surface area contributed by atoms with Crippen LogP contribution in [0.4, 0.5) is 0 Å². The van der Waals surface area contributed by atoms with Crippen LogP contribution in [0.1, 0.15) is 97.3 Å². The molecule has 10 nitrogen and oxygen atoms in total. The predicted octanol–water partition coefficient (Wildman–Crippen LogP) is 2.31. The molecule has 0 aromatic carbocycles. The molecule has 6 aliphatic carbocycles. The van der Waals surface area contributed by atoms with E-state index in [0.29, 0.717) is 57.5 Å². The molecular weight excluding hydrogens is 612 g/mol. The van der Waals surface area contributed by atoms with E-state index < -0.39 is 62.6 Å². The van der Waals surface area contributed by atoms with E-state index in [-0.39, 0.29) is 38.2 Å². The number of aldehydes is 1. The maximum absolute atomic E-state index is 13.7. The molecule has 5 fully saturated rings. The van der Waals surface area contributed by atoms with Crippen molar-refractivity contribution in [2.45, 2.75) is 126 Å². The van der Waals surface area contributed by atoms with Crippen LogP contribution >= 0.6 is 0 Å². The van der Waals surface area contributed by atoms with Gasteiger partial charge in [0.15, 0.2) is 5.60 Å². The second kappa shape index (κ2) is 11.7. The van der Waals surface area contributed by atoms with E-state index in [1.165, 1.54) is 0 Å². The van der Waals surface area contributed by atoms with Crippen LogP contribution in [0.25, 0.3) is 0 Å². The van der Waals surface area contributed by atoms with Crippen molar-refractivity contribution < 1.29 is 39.9 Å². The first-order chi connectivity index (χ1) is 22.8. The van der Waals surface area contributed by atoms with Gasteiger partial charge in [-0.25, -0.2) is 4.79 Å².